The van der Waals surface area contributed by atoms with Gasteiger partial charge >= 0.3 is 0 Å². The second-order valence-corrected chi connectivity index (χ2v) is 14.7. The molecule has 2 aromatic heterocycles. The molecular weight excluding hydrogens is 645 g/mol. The normalized spacial score (nSPS) is 11.6. The standard InChI is InChI=1S/C46H30N2S2/c1-4-14-32(15-5-1)47(33-16-6-2-7-17-33)36-24-26-38-44(30-36)50-42-22-12-21-40(46(38)42)48(34-18-8-3-9-19-34)35-25-28-41-39(29-35)45-37-20-11-10-13-31(37)23-27-43(45)49-41/h1-30H. The van der Waals surface area contributed by atoms with Gasteiger partial charge < -0.3 is 9.80 Å². The highest BCUT2D eigenvalue weighted by atomic mass is 32.1. The van der Waals surface area contributed by atoms with E-state index in [-0.39, 0.29) is 0 Å². The predicted molar refractivity (Wildman–Crippen MR) is 219 cm³/mol. The minimum atomic E-state index is 1.14. The van der Waals surface area contributed by atoms with Gasteiger partial charge in [-0.1, -0.05) is 97.1 Å². The molecule has 2 nitrogen and oxygen atoms in total. The number of nitrogens with zero attached hydrogens (tertiary/aromatic N) is 2. The molecule has 0 aliphatic heterocycles. The maximum absolute atomic E-state index is 2.44. The minimum Gasteiger partial charge on any atom is -0.310 e. The molecule has 10 aromatic rings. The zero-order valence-corrected chi connectivity index (χ0v) is 28.7. The summed E-state index contributed by atoms with van der Waals surface area (Å²) in [6, 6.07) is 66.0. The Hall–Kier alpha value is -5.94. The topological polar surface area (TPSA) is 6.48 Å². The fraction of sp³-hybridized carbons (Fsp3) is 0. The quantitative estimate of drug-likeness (QED) is 0.173. The Morgan fingerprint density at radius 2 is 0.880 bits per heavy atom. The molecular formula is C46H30N2S2. The van der Waals surface area contributed by atoms with E-state index >= 15 is 0 Å². The predicted octanol–water partition coefficient (Wildman–Crippen LogP) is 14.5. The van der Waals surface area contributed by atoms with E-state index in [1.165, 1.54) is 56.8 Å². The molecule has 10 rings (SSSR count). The van der Waals surface area contributed by atoms with Gasteiger partial charge in [0.05, 0.1) is 5.69 Å². The summed E-state index contributed by atoms with van der Waals surface area (Å²) in [6.45, 7) is 0. The molecule has 2 heterocycles. The van der Waals surface area contributed by atoms with Crippen LogP contribution in [0.4, 0.5) is 34.1 Å². The van der Waals surface area contributed by atoms with Gasteiger partial charge in [0, 0.05) is 68.8 Å². The third-order valence-electron chi connectivity index (χ3n) is 9.60. The fourth-order valence-corrected chi connectivity index (χ4v) is 9.66. The van der Waals surface area contributed by atoms with Gasteiger partial charge in [-0.2, -0.15) is 0 Å². The second-order valence-electron chi connectivity index (χ2n) is 12.6. The minimum absolute atomic E-state index is 1.14. The van der Waals surface area contributed by atoms with Gasteiger partial charge in [-0.25, -0.2) is 0 Å². The molecule has 0 amide bonds. The Bertz CT molecular complexity index is 2780. The van der Waals surface area contributed by atoms with Crippen molar-refractivity contribution in [3.63, 3.8) is 0 Å². The molecule has 0 radical (unpaired) electrons. The van der Waals surface area contributed by atoms with Crippen LogP contribution in [0.15, 0.2) is 182 Å². The first-order valence-corrected chi connectivity index (χ1v) is 18.5. The van der Waals surface area contributed by atoms with E-state index in [9.17, 15) is 0 Å². The molecule has 0 saturated heterocycles. The summed E-state index contributed by atoms with van der Waals surface area (Å²) in [5, 5.41) is 7.76. The van der Waals surface area contributed by atoms with Gasteiger partial charge in [-0.05, 0) is 95.7 Å². The zero-order chi connectivity index (χ0) is 33.0. The smallest absolute Gasteiger partial charge is 0.0554 e. The van der Waals surface area contributed by atoms with E-state index in [1.807, 2.05) is 22.7 Å². The Labute approximate surface area is 298 Å². The van der Waals surface area contributed by atoms with Crippen LogP contribution >= 0.6 is 22.7 Å². The summed E-state index contributed by atoms with van der Waals surface area (Å²) >= 11 is 3.73. The van der Waals surface area contributed by atoms with Gasteiger partial charge in [0.1, 0.15) is 0 Å². The van der Waals surface area contributed by atoms with Crippen molar-refractivity contribution in [2.45, 2.75) is 0 Å². The van der Waals surface area contributed by atoms with Crippen LogP contribution in [0.2, 0.25) is 0 Å². The average Bonchev–Trinajstić information content (AvgIpc) is 3.75. The van der Waals surface area contributed by atoms with Crippen molar-refractivity contribution in [2.75, 3.05) is 9.80 Å². The molecule has 50 heavy (non-hydrogen) atoms. The summed E-state index contributed by atoms with van der Waals surface area (Å²) in [6.07, 6.45) is 0. The monoisotopic (exact) mass is 674 g/mol. The van der Waals surface area contributed by atoms with Crippen LogP contribution in [0.1, 0.15) is 0 Å². The van der Waals surface area contributed by atoms with E-state index in [1.54, 1.807) is 0 Å². The number of anilines is 6. The second kappa shape index (κ2) is 11.9. The summed E-state index contributed by atoms with van der Waals surface area (Å²) in [7, 11) is 0. The molecule has 0 fully saturated rings. The lowest BCUT2D eigenvalue weighted by Crippen LogP contribution is -2.10. The summed E-state index contributed by atoms with van der Waals surface area (Å²) < 4.78 is 5.17. The number of hydrogen-bond acceptors (Lipinski definition) is 4. The highest BCUT2D eigenvalue weighted by molar-refractivity contribution is 7.26. The first-order valence-electron chi connectivity index (χ1n) is 16.8. The zero-order valence-electron chi connectivity index (χ0n) is 27.0. The molecule has 0 bridgehead atoms. The fourth-order valence-electron chi connectivity index (χ4n) is 7.40. The van der Waals surface area contributed by atoms with Gasteiger partial charge in [0.25, 0.3) is 0 Å². The maximum Gasteiger partial charge on any atom is 0.0554 e. The summed E-state index contributed by atoms with van der Waals surface area (Å²) in [4.78, 5) is 4.78. The van der Waals surface area contributed by atoms with Gasteiger partial charge in [0.15, 0.2) is 0 Å². The number of hydrogen-bond donors (Lipinski definition) is 0. The molecule has 0 spiro atoms. The third-order valence-corrected chi connectivity index (χ3v) is 11.9. The number of fused-ring (bicyclic) bond motifs is 8. The molecule has 0 saturated carbocycles. The van der Waals surface area contributed by atoms with Crippen LogP contribution in [-0.4, -0.2) is 0 Å². The maximum atomic E-state index is 2.44. The van der Waals surface area contributed by atoms with Crippen molar-refractivity contribution < 1.29 is 0 Å². The van der Waals surface area contributed by atoms with Crippen molar-refractivity contribution in [3.05, 3.63) is 182 Å². The Kier molecular flexibility index (Phi) is 6.90. The largest absolute Gasteiger partial charge is 0.310 e. The molecule has 236 valence electrons. The van der Waals surface area contributed by atoms with Crippen molar-refractivity contribution in [1.82, 2.24) is 0 Å². The Morgan fingerprint density at radius 3 is 1.62 bits per heavy atom. The number of rotatable bonds is 6. The molecule has 8 aromatic carbocycles. The lowest BCUT2D eigenvalue weighted by molar-refractivity contribution is 1.29. The van der Waals surface area contributed by atoms with E-state index in [2.05, 4.69) is 192 Å². The molecule has 4 heteroatoms. The first kappa shape index (κ1) is 29.0. The lowest BCUT2D eigenvalue weighted by atomic mass is 10.0. The van der Waals surface area contributed by atoms with Crippen molar-refractivity contribution in [3.8, 4) is 0 Å². The highest BCUT2D eigenvalue weighted by Gasteiger charge is 2.21. The molecule has 0 aliphatic rings. The van der Waals surface area contributed by atoms with Gasteiger partial charge in [-0.15, -0.1) is 22.7 Å². The average molecular weight is 675 g/mol. The van der Waals surface area contributed by atoms with E-state index in [0.29, 0.717) is 0 Å². The number of para-hydroxylation sites is 3. The van der Waals surface area contributed by atoms with Crippen LogP contribution in [0.5, 0.6) is 0 Å². The van der Waals surface area contributed by atoms with Crippen LogP contribution in [0.25, 0.3) is 51.1 Å². The van der Waals surface area contributed by atoms with Crippen LogP contribution in [0.3, 0.4) is 0 Å². The van der Waals surface area contributed by atoms with Crippen LogP contribution < -0.4 is 9.80 Å². The Balaban J connectivity index is 1.18. The van der Waals surface area contributed by atoms with Gasteiger partial charge in [0.2, 0.25) is 0 Å². The van der Waals surface area contributed by atoms with Crippen LogP contribution in [0, 0.1) is 0 Å². The summed E-state index contributed by atoms with van der Waals surface area (Å²) in [5.41, 5.74) is 6.89. The van der Waals surface area contributed by atoms with Crippen LogP contribution in [-0.2, 0) is 0 Å². The molecule has 0 atom stereocenters. The highest BCUT2D eigenvalue weighted by Crippen LogP contribution is 2.48. The van der Waals surface area contributed by atoms with Crippen molar-refractivity contribution >= 4 is 108 Å². The number of thiophene rings is 2. The molecule has 0 unspecified atom stereocenters. The number of benzene rings is 8. The third kappa shape index (κ3) is 4.76. The van der Waals surface area contributed by atoms with E-state index in [4.69, 9.17) is 0 Å². The SMILES string of the molecule is c1ccc(N(c2ccccc2)c2ccc3c(c2)sc2cccc(N(c4ccccc4)c4ccc5sc6ccc7ccccc7c6c5c4)c23)cc1. The van der Waals surface area contributed by atoms with E-state index in [0.717, 1.165) is 28.4 Å². The van der Waals surface area contributed by atoms with Gasteiger partial charge in [-0.3, -0.25) is 0 Å². The van der Waals surface area contributed by atoms with Crippen molar-refractivity contribution in [1.29, 1.82) is 0 Å². The Morgan fingerprint density at radius 1 is 0.300 bits per heavy atom. The summed E-state index contributed by atoms with van der Waals surface area (Å²) in [5.74, 6) is 0. The first-order chi connectivity index (χ1) is 24.8. The molecule has 0 N–H and O–H groups in total. The lowest BCUT2D eigenvalue weighted by Gasteiger charge is -2.27. The van der Waals surface area contributed by atoms with E-state index < -0.39 is 0 Å². The molecule has 0 aliphatic carbocycles. The van der Waals surface area contributed by atoms with Crippen molar-refractivity contribution in [2.24, 2.45) is 0 Å².